The minimum Gasteiger partial charge on any atom is -0.395 e. The lowest BCUT2D eigenvalue weighted by atomic mass is 9.94. The van der Waals surface area contributed by atoms with Crippen LogP contribution in [-0.2, 0) is 13.1 Å². The largest absolute Gasteiger partial charge is 0.395 e. The van der Waals surface area contributed by atoms with Crippen molar-refractivity contribution in [3.8, 4) is 11.4 Å². The third-order valence-corrected chi connectivity index (χ3v) is 5.73. The Morgan fingerprint density at radius 1 is 1.00 bits per heavy atom. The third kappa shape index (κ3) is 5.49. The lowest BCUT2D eigenvalue weighted by molar-refractivity contribution is -0.147. The minimum absolute atomic E-state index is 0.120. The van der Waals surface area contributed by atoms with E-state index in [4.69, 9.17) is 0 Å². The highest BCUT2D eigenvalue weighted by molar-refractivity contribution is 5.64. The van der Waals surface area contributed by atoms with Gasteiger partial charge in [-0.05, 0) is 48.9 Å². The van der Waals surface area contributed by atoms with Crippen LogP contribution in [0.4, 0.5) is 5.69 Å². The Kier molecular flexibility index (Phi) is 7.21. The van der Waals surface area contributed by atoms with Crippen LogP contribution in [0.25, 0.3) is 11.4 Å². The van der Waals surface area contributed by atoms with Crippen molar-refractivity contribution in [2.75, 3.05) is 18.5 Å². The first-order valence-corrected chi connectivity index (χ1v) is 10.8. The van der Waals surface area contributed by atoms with Gasteiger partial charge in [-0.3, -0.25) is 4.90 Å². The Morgan fingerprint density at radius 2 is 1.73 bits per heavy atom. The minimum atomic E-state index is -1.28. The van der Waals surface area contributed by atoms with Crippen LogP contribution < -0.4 is 5.32 Å². The van der Waals surface area contributed by atoms with Crippen LogP contribution in [0.2, 0.25) is 0 Å². The summed E-state index contributed by atoms with van der Waals surface area (Å²) < 4.78 is 0. The van der Waals surface area contributed by atoms with Crippen LogP contribution in [0, 0.1) is 6.92 Å². The molecule has 1 aliphatic rings. The number of benzene rings is 1. The van der Waals surface area contributed by atoms with Gasteiger partial charge in [0.15, 0.2) is 5.82 Å². The normalized spacial score (nSPS) is 23.4. The van der Waals surface area contributed by atoms with Crippen molar-refractivity contribution in [1.82, 2.24) is 25.1 Å². The number of hydrogen-bond acceptors (Lipinski definition) is 10. The SMILES string of the molecule is Cc1cc(NCc2ccc(CN3C[C@H](O)[C@@H](O)[C@H](O)[C@H]3CO)nn2)cc(-c2ncccn2)c1. The van der Waals surface area contributed by atoms with Crippen LogP contribution in [0.1, 0.15) is 17.0 Å². The Bertz CT molecular complexity index is 1050. The summed E-state index contributed by atoms with van der Waals surface area (Å²) >= 11 is 0. The van der Waals surface area contributed by atoms with E-state index < -0.39 is 24.4 Å². The van der Waals surface area contributed by atoms with E-state index in [1.165, 1.54) is 0 Å². The third-order valence-electron chi connectivity index (χ3n) is 5.73. The van der Waals surface area contributed by atoms with E-state index in [0.717, 1.165) is 22.5 Å². The van der Waals surface area contributed by atoms with Crippen LogP contribution >= 0.6 is 0 Å². The smallest absolute Gasteiger partial charge is 0.159 e. The molecule has 5 N–H and O–H groups in total. The molecule has 3 aromatic rings. The van der Waals surface area contributed by atoms with E-state index in [9.17, 15) is 20.4 Å². The fraction of sp³-hybridized carbons (Fsp3) is 0.391. The molecule has 2 aromatic heterocycles. The average molecular weight is 453 g/mol. The van der Waals surface area contributed by atoms with Gasteiger partial charge in [-0.15, -0.1) is 0 Å². The number of aliphatic hydroxyl groups excluding tert-OH is 4. The molecular formula is C23H28N6O4. The van der Waals surface area contributed by atoms with Gasteiger partial charge in [-0.1, -0.05) is 0 Å². The molecule has 0 aliphatic carbocycles. The lowest BCUT2D eigenvalue weighted by Crippen LogP contribution is -2.62. The molecule has 10 heteroatoms. The molecule has 0 bridgehead atoms. The molecule has 1 aliphatic heterocycles. The monoisotopic (exact) mass is 452 g/mol. The first-order chi connectivity index (χ1) is 15.9. The number of nitrogens with one attached hydrogen (secondary N) is 1. The number of aliphatic hydroxyl groups is 4. The zero-order valence-corrected chi connectivity index (χ0v) is 18.3. The van der Waals surface area contributed by atoms with E-state index >= 15 is 0 Å². The number of anilines is 1. The Balaban J connectivity index is 1.39. The summed E-state index contributed by atoms with van der Waals surface area (Å²) in [5.74, 6) is 0.662. The van der Waals surface area contributed by atoms with Crippen molar-refractivity contribution in [2.24, 2.45) is 0 Å². The number of piperidine rings is 1. The zero-order chi connectivity index (χ0) is 23.4. The second-order valence-electron chi connectivity index (χ2n) is 8.26. The second-order valence-corrected chi connectivity index (χ2v) is 8.26. The molecule has 33 heavy (non-hydrogen) atoms. The van der Waals surface area contributed by atoms with E-state index in [-0.39, 0.29) is 19.7 Å². The van der Waals surface area contributed by atoms with E-state index in [2.05, 4.69) is 25.5 Å². The quantitative estimate of drug-likeness (QED) is 0.335. The standard InChI is InChI=1S/C23H28N6O4/c1-14-7-15(23-24-5-2-6-25-23)9-18(8-14)26-10-16-3-4-17(28-27-16)11-29-12-20(31)22(33)21(32)19(29)13-30/h2-9,19-22,26,30-33H,10-13H2,1H3/t19-,20+,21-,22-/m1/s1. The fourth-order valence-electron chi connectivity index (χ4n) is 3.99. The van der Waals surface area contributed by atoms with Gasteiger partial charge in [0.2, 0.25) is 0 Å². The molecule has 0 unspecified atom stereocenters. The Hall–Kier alpha value is -3.02. The first-order valence-electron chi connectivity index (χ1n) is 10.8. The summed E-state index contributed by atoms with van der Waals surface area (Å²) in [5, 5.41) is 51.4. The van der Waals surface area contributed by atoms with Crippen LogP contribution in [-0.4, -0.2) is 83.0 Å². The maximum Gasteiger partial charge on any atom is 0.159 e. The van der Waals surface area contributed by atoms with Crippen molar-refractivity contribution >= 4 is 5.69 Å². The zero-order valence-electron chi connectivity index (χ0n) is 18.3. The summed E-state index contributed by atoms with van der Waals surface area (Å²) in [7, 11) is 0. The lowest BCUT2D eigenvalue weighted by Gasteiger charge is -2.42. The number of likely N-dealkylation sites (tertiary alicyclic amines) is 1. The van der Waals surface area contributed by atoms with Crippen LogP contribution in [0.5, 0.6) is 0 Å². The number of nitrogens with zero attached hydrogens (tertiary/aromatic N) is 5. The maximum atomic E-state index is 10.1. The van der Waals surface area contributed by atoms with Gasteiger partial charge in [0.25, 0.3) is 0 Å². The van der Waals surface area contributed by atoms with E-state index in [1.54, 1.807) is 23.4 Å². The fourth-order valence-corrected chi connectivity index (χ4v) is 3.99. The average Bonchev–Trinajstić information content (AvgIpc) is 2.83. The van der Waals surface area contributed by atoms with E-state index in [1.807, 2.05) is 37.3 Å². The molecule has 0 spiro atoms. The molecule has 1 saturated heterocycles. The first kappa shape index (κ1) is 23.1. The maximum absolute atomic E-state index is 10.1. The van der Waals surface area contributed by atoms with Gasteiger partial charge in [0, 0.05) is 36.7 Å². The topological polar surface area (TPSA) is 148 Å². The number of rotatable bonds is 7. The van der Waals surface area contributed by atoms with E-state index in [0.29, 0.717) is 18.1 Å². The molecule has 1 aromatic carbocycles. The molecule has 3 heterocycles. The molecule has 0 amide bonds. The molecule has 10 nitrogen and oxygen atoms in total. The van der Waals surface area contributed by atoms with Gasteiger partial charge < -0.3 is 25.7 Å². The van der Waals surface area contributed by atoms with Crippen molar-refractivity contribution < 1.29 is 20.4 Å². The number of aromatic nitrogens is 4. The van der Waals surface area contributed by atoms with Crippen molar-refractivity contribution in [1.29, 1.82) is 0 Å². The molecule has 174 valence electrons. The highest BCUT2D eigenvalue weighted by Crippen LogP contribution is 2.23. The van der Waals surface area contributed by atoms with Crippen LogP contribution in [0.3, 0.4) is 0 Å². The Labute approximate surface area is 191 Å². The van der Waals surface area contributed by atoms with Crippen LogP contribution in [0.15, 0.2) is 48.8 Å². The molecule has 1 fully saturated rings. The summed E-state index contributed by atoms with van der Waals surface area (Å²) in [6.45, 7) is 2.55. The predicted octanol–water partition coefficient (Wildman–Crippen LogP) is 0.113. The second kappa shape index (κ2) is 10.3. The summed E-state index contributed by atoms with van der Waals surface area (Å²) in [6.07, 6.45) is -0.195. The number of hydrogen-bond donors (Lipinski definition) is 5. The van der Waals surface area contributed by atoms with Gasteiger partial charge in [-0.2, -0.15) is 10.2 Å². The van der Waals surface area contributed by atoms with Gasteiger partial charge in [0.1, 0.15) is 12.2 Å². The highest BCUT2D eigenvalue weighted by Gasteiger charge is 2.41. The predicted molar refractivity (Wildman–Crippen MR) is 121 cm³/mol. The van der Waals surface area contributed by atoms with Gasteiger partial charge >= 0.3 is 0 Å². The van der Waals surface area contributed by atoms with Crippen molar-refractivity contribution in [3.05, 3.63) is 65.7 Å². The molecule has 0 saturated carbocycles. The molecule has 0 radical (unpaired) electrons. The molecule has 4 rings (SSSR count). The summed E-state index contributed by atoms with van der Waals surface area (Å²) in [4.78, 5) is 10.3. The molecular weight excluding hydrogens is 424 g/mol. The summed E-state index contributed by atoms with van der Waals surface area (Å²) in [6, 6.07) is 10.8. The number of aryl methyl sites for hydroxylation is 1. The number of β-amino-alcohol motifs (C(OH)–C–C–N with tert-alkyl or cyclic N) is 1. The van der Waals surface area contributed by atoms with Gasteiger partial charge in [-0.25, -0.2) is 9.97 Å². The molecule has 4 atom stereocenters. The Morgan fingerprint density at radius 3 is 2.42 bits per heavy atom. The summed E-state index contributed by atoms with van der Waals surface area (Å²) in [5.41, 5.74) is 4.30. The van der Waals surface area contributed by atoms with Gasteiger partial charge in [0.05, 0.1) is 36.7 Å². The van der Waals surface area contributed by atoms with Crippen molar-refractivity contribution in [3.63, 3.8) is 0 Å². The van der Waals surface area contributed by atoms with Crippen molar-refractivity contribution in [2.45, 2.75) is 44.4 Å². The highest BCUT2D eigenvalue weighted by atomic mass is 16.4.